The molecule has 0 unspecified atom stereocenters. The van der Waals surface area contributed by atoms with E-state index < -0.39 is 6.10 Å². The molecule has 2 heterocycles. The molecule has 31 heavy (non-hydrogen) atoms. The van der Waals surface area contributed by atoms with Crippen LogP contribution in [-0.2, 0) is 4.79 Å². The molecular weight excluding hydrogens is 392 g/mol. The van der Waals surface area contributed by atoms with Crippen LogP contribution in [0, 0.1) is 39.5 Å². The van der Waals surface area contributed by atoms with Gasteiger partial charge in [0.1, 0.15) is 17.6 Å². The fourth-order valence-corrected chi connectivity index (χ4v) is 4.79. The third-order valence-corrected chi connectivity index (χ3v) is 6.80. The smallest absolute Gasteiger partial charge is 0.260 e. The third-order valence-electron chi connectivity index (χ3n) is 6.80. The van der Waals surface area contributed by atoms with E-state index in [2.05, 4.69) is 4.98 Å². The summed E-state index contributed by atoms with van der Waals surface area (Å²) in [6, 6.07) is 9.73. The van der Waals surface area contributed by atoms with Crippen LogP contribution in [0.2, 0.25) is 0 Å². The monoisotopic (exact) mass is 424 g/mol. The Kier molecular flexibility index (Phi) is 6.19. The summed E-state index contributed by atoms with van der Waals surface area (Å²) in [5.41, 5.74) is 3.99. The van der Waals surface area contributed by atoms with Crippen LogP contribution in [0.1, 0.15) is 35.4 Å². The summed E-state index contributed by atoms with van der Waals surface area (Å²) in [6.45, 7) is 9.32. The van der Waals surface area contributed by atoms with Crippen molar-refractivity contribution in [2.24, 2.45) is 11.8 Å². The van der Waals surface area contributed by atoms with Gasteiger partial charge in [-0.2, -0.15) is 0 Å². The van der Waals surface area contributed by atoms with Gasteiger partial charge >= 0.3 is 0 Å². The van der Waals surface area contributed by atoms with Crippen LogP contribution in [0.5, 0.6) is 11.5 Å². The quantitative estimate of drug-likeness (QED) is 0.797. The number of rotatable bonds is 5. The summed E-state index contributed by atoms with van der Waals surface area (Å²) in [6.07, 6.45) is 0.574. The van der Waals surface area contributed by atoms with Gasteiger partial charge in [0, 0.05) is 18.8 Å². The zero-order valence-electron chi connectivity index (χ0n) is 18.8. The Morgan fingerprint density at radius 3 is 2.55 bits per heavy atom. The van der Waals surface area contributed by atoms with Crippen LogP contribution in [-0.4, -0.2) is 52.8 Å². The molecular formula is C25H32N2O4. The number of hydrogen-bond donors (Lipinski definition) is 1. The fourth-order valence-electron chi connectivity index (χ4n) is 4.79. The highest BCUT2D eigenvalue weighted by Crippen LogP contribution is 2.38. The molecule has 6 heteroatoms. The molecule has 1 saturated heterocycles. The number of fused-ring (bicyclic) bond motifs is 1. The number of aliphatic hydroxyl groups is 1. The van der Waals surface area contributed by atoms with Crippen LogP contribution in [0.25, 0.3) is 0 Å². The maximum absolute atomic E-state index is 12.8. The Bertz CT molecular complexity index is 961. The summed E-state index contributed by atoms with van der Waals surface area (Å²) >= 11 is 0. The van der Waals surface area contributed by atoms with Crippen molar-refractivity contribution in [3.8, 4) is 11.5 Å². The van der Waals surface area contributed by atoms with Gasteiger partial charge in [-0.25, -0.2) is 0 Å². The third kappa shape index (κ3) is 4.69. The van der Waals surface area contributed by atoms with Crippen molar-refractivity contribution in [3.05, 3.63) is 52.8 Å². The van der Waals surface area contributed by atoms with Gasteiger partial charge in [-0.05, 0) is 81.7 Å². The maximum atomic E-state index is 12.8. The minimum atomic E-state index is -0.539. The lowest BCUT2D eigenvalue weighted by molar-refractivity contribution is -0.132. The lowest BCUT2D eigenvalue weighted by Crippen LogP contribution is -2.42. The van der Waals surface area contributed by atoms with Crippen LogP contribution in [0.15, 0.2) is 30.3 Å². The first-order valence-electron chi connectivity index (χ1n) is 11.1. The average molecular weight is 425 g/mol. The minimum Gasteiger partial charge on any atom is -0.486 e. The van der Waals surface area contributed by atoms with E-state index in [1.54, 1.807) is 0 Å². The van der Waals surface area contributed by atoms with Gasteiger partial charge in [0.2, 0.25) is 0 Å². The van der Waals surface area contributed by atoms with E-state index in [0.29, 0.717) is 31.3 Å². The van der Waals surface area contributed by atoms with Crippen LogP contribution in [0.4, 0.5) is 0 Å². The summed E-state index contributed by atoms with van der Waals surface area (Å²) in [5, 5.41) is 10.7. The standard InChI is InChI=1S/C25H32N2O4/c1-15-6-5-7-22(17(15)3)30-14-25(29)27-12-19-10-21(28)24(11-20(19)13-27)31-23-9-8-16(2)26-18(23)4/h5-9,19-21,24,28H,10-14H2,1-4H3/t19-,20+,21+,24+/m0/s1. The van der Waals surface area contributed by atoms with E-state index in [-0.39, 0.29) is 18.6 Å². The zero-order valence-corrected chi connectivity index (χ0v) is 18.8. The average Bonchev–Trinajstić information content (AvgIpc) is 3.14. The van der Waals surface area contributed by atoms with Crippen molar-refractivity contribution in [2.75, 3.05) is 19.7 Å². The Hall–Kier alpha value is -2.60. The second kappa shape index (κ2) is 8.87. The van der Waals surface area contributed by atoms with Gasteiger partial charge in [-0.1, -0.05) is 12.1 Å². The first-order chi connectivity index (χ1) is 14.8. The Labute approximate surface area is 184 Å². The molecule has 2 aliphatic rings. The molecule has 0 spiro atoms. The van der Waals surface area contributed by atoms with Gasteiger partial charge in [-0.3, -0.25) is 9.78 Å². The van der Waals surface area contributed by atoms with Gasteiger partial charge in [0.15, 0.2) is 6.61 Å². The number of aliphatic hydroxyl groups excluding tert-OH is 1. The van der Waals surface area contributed by atoms with Crippen molar-refractivity contribution >= 4 is 5.91 Å². The van der Waals surface area contributed by atoms with Gasteiger partial charge in [0.05, 0.1) is 11.8 Å². The van der Waals surface area contributed by atoms with E-state index in [1.165, 1.54) is 0 Å². The molecule has 1 aromatic heterocycles. The number of carbonyl (C=O) groups is 1. The second-order valence-corrected chi connectivity index (χ2v) is 9.04. The highest BCUT2D eigenvalue weighted by Gasteiger charge is 2.44. The molecule has 1 aromatic carbocycles. The summed E-state index contributed by atoms with van der Waals surface area (Å²) in [4.78, 5) is 19.1. The van der Waals surface area contributed by atoms with Gasteiger partial charge in [-0.15, -0.1) is 0 Å². The van der Waals surface area contributed by atoms with E-state index >= 15 is 0 Å². The zero-order chi connectivity index (χ0) is 22.1. The van der Waals surface area contributed by atoms with E-state index in [9.17, 15) is 9.90 Å². The number of hydrogen-bond acceptors (Lipinski definition) is 5. The van der Waals surface area contributed by atoms with Crippen LogP contribution in [0.3, 0.4) is 0 Å². The fraction of sp³-hybridized carbons (Fsp3) is 0.520. The number of carbonyl (C=O) groups excluding carboxylic acids is 1. The van der Waals surface area contributed by atoms with E-state index in [1.807, 2.05) is 62.9 Å². The molecule has 0 radical (unpaired) electrons. The lowest BCUT2D eigenvalue weighted by atomic mass is 9.78. The highest BCUT2D eigenvalue weighted by molar-refractivity contribution is 5.78. The first-order valence-corrected chi connectivity index (χ1v) is 11.1. The van der Waals surface area contributed by atoms with Crippen molar-refractivity contribution in [3.63, 3.8) is 0 Å². The Morgan fingerprint density at radius 1 is 1.06 bits per heavy atom. The molecule has 6 nitrogen and oxygen atoms in total. The summed E-state index contributed by atoms with van der Waals surface area (Å²) < 4.78 is 12.0. The number of amides is 1. The Morgan fingerprint density at radius 2 is 1.81 bits per heavy atom. The highest BCUT2D eigenvalue weighted by atomic mass is 16.5. The molecule has 2 aromatic rings. The lowest BCUT2D eigenvalue weighted by Gasteiger charge is -2.35. The number of aromatic nitrogens is 1. The van der Waals surface area contributed by atoms with Crippen molar-refractivity contribution < 1.29 is 19.4 Å². The number of likely N-dealkylation sites (tertiary alicyclic amines) is 1. The molecule has 1 amide bonds. The first kappa shape index (κ1) is 21.6. The normalized spacial score (nSPS) is 25.3. The van der Waals surface area contributed by atoms with Gasteiger partial charge in [0.25, 0.3) is 5.91 Å². The van der Waals surface area contributed by atoms with E-state index in [0.717, 1.165) is 40.4 Å². The topological polar surface area (TPSA) is 71.9 Å². The molecule has 4 rings (SSSR count). The number of nitrogens with zero attached hydrogens (tertiary/aromatic N) is 2. The predicted molar refractivity (Wildman–Crippen MR) is 118 cm³/mol. The van der Waals surface area contributed by atoms with Gasteiger partial charge < -0.3 is 19.5 Å². The minimum absolute atomic E-state index is 0.000781. The van der Waals surface area contributed by atoms with Crippen LogP contribution < -0.4 is 9.47 Å². The number of ether oxygens (including phenoxy) is 2. The molecule has 1 aliphatic carbocycles. The predicted octanol–water partition coefficient (Wildman–Crippen LogP) is 3.37. The maximum Gasteiger partial charge on any atom is 0.260 e. The Balaban J connectivity index is 1.35. The molecule has 1 aliphatic heterocycles. The molecule has 2 fully saturated rings. The molecule has 1 N–H and O–H groups in total. The van der Waals surface area contributed by atoms with E-state index in [4.69, 9.17) is 9.47 Å². The summed E-state index contributed by atoms with van der Waals surface area (Å²) in [7, 11) is 0. The molecule has 0 bridgehead atoms. The largest absolute Gasteiger partial charge is 0.486 e. The number of benzene rings is 1. The SMILES string of the molecule is Cc1ccc(O[C@@H]2C[C@@H]3CN(C(=O)COc4cccc(C)c4C)C[C@@H]3C[C@H]2O)c(C)n1. The number of aryl methyl sites for hydroxylation is 3. The van der Waals surface area contributed by atoms with Crippen molar-refractivity contribution in [1.29, 1.82) is 0 Å². The second-order valence-electron chi connectivity index (χ2n) is 9.04. The summed E-state index contributed by atoms with van der Waals surface area (Å²) in [5.74, 6) is 2.12. The van der Waals surface area contributed by atoms with Crippen molar-refractivity contribution in [1.82, 2.24) is 9.88 Å². The van der Waals surface area contributed by atoms with Crippen LogP contribution >= 0.6 is 0 Å². The molecule has 166 valence electrons. The van der Waals surface area contributed by atoms with Crippen molar-refractivity contribution in [2.45, 2.75) is 52.7 Å². The molecule has 1 saturated carbocycles. The molecule has 4 atom stereocenters. The number of pyridine rings is 1.